The summed E-state index contributed by atoms with van der Waals surface area (Å²) < 4.78 is 15.6. The maximum Gasteiger partial charge on any atom is 0.269 e. The topological polar surface area (TPSA) is 134 Å². The van der Waals surface area contributed by atoms with Crippen molar-refractivity contribution in [3.05, 3.63) is 64.1 Å². The number of piperidine rings is 1. The predicted octanol–water partition coefficient (Wildman–Crippen LogP) is 2.33. The molecule has 1 aliphatic carbocycles. The SMILES string of the molecule is CN1CCC(N(C)C(=O)Cc2ccc3c(c2)c(C(N)=O)nn3CC(=O)N(CC(=O)NCc2cccc(Cl)c2F)C2CC2)CC1. The third-order valence-electron chi connectivity index (χ3n) is 8.45. The lowest BCUT2D eigenvalue weighted by molar-refractivity contribution is -0.137. The molecular weight excluding hydrogens is 589 g/mol. The number of carbonyl (C=O) groups excluding carboxylic acids is 4. The van der Waals surface area contributed by atoms with E-state index in [1.165, 1.54) is 21.7 Å². The molecule has 11 nitrogen and oxygen atoms in total. The Balaban J connectivity index is 1.27. The number of amides is 4. The molecule has 0 spiro atoms. The van der Waals surface area contributed by atoms with Crippen LogP contribution in [-0.2, 0) is 33.9 Å². The van der Waals surface area contributed by atoms with Crippen molar-refractivity contribution in [1.82, 2.24) is 29.8 Å². The first-order valence-electron chi connectivity index (χ1n) is 14.7. The lowest BCUT2D eigenvalue weighted by Crippen LogP contribution is -2.44. The number of nitrogens with two attached hydrogens (primary N) is 1. The zero-order valence-electron chi connectivity index (χ0n) is 24.9. The number of nitrogens with zero attached hydrogens (tertiary/aromatic N) is 5. The van der Waals surface area contributed by atoms with Gasteiger partial charge in [-0.2, -0.15) is 5.10 Å². The van der Waals surface area contributed by atoms with Crippen molar-refractivity contribution in [3.8, 4) is 0 Å². The van der Waals surface area contributed by atoms with Gasteiger partial charge in [0.05, 0.1) is 23.5 Å². The summed E-state index contributed by atoms with van der Waals surface area (Å²) in [6, 6.07) is 9.89. The lowest BCUT2D eigenvalue weighted by Gasteiger charge is -2.35. The van der Waals surface area contributed by atoms with Gasteiger partial charge < -0.3 is 25.8 Å². The highest BCUT2D eigenvalue weighted by Gasteiger charge is 2.34. The molecule has 3 aromatic rings. The maximum atomic E-state index is 14.2. The van der Waals surface area contributed by atoms with Crippen LogP contribution in [0.3, 0.4) is 0 Å². The molecule has 1 saturated heterocycles. The van der Waals surface area contributed by atoms with Crippen LogP contribution in [-0.4, -0.2) is 93.9 Å². The average Bonchev–Trinajstić information content (AvgIpc) is 3.78. The minimum Gasteiger partial charge on any atom is -0.364 e. The Labute approximate surface area is 260 Å². The molecule has 5 rings (SSSR count). The van der Waals surface area contributed by atoms with E-state index in [0.717, 1.165) is 38.8 Å². The normalized spacial score (nSPS) is 15.7. The standard InChI is InChI=1S/C31H37ClFN7O4/c1-37-12-10-21(11-13-37)38(2)27(42)15-19-6-9-25-23(14-19)30(31(34)44)36-40(25)18-28(43)39(22-7-8-22)17-26(41)35-16-20-4-3-5-24(32)29(20)33/h3-6,9,14,21-22H,7-8,10-13,15-18H2,1-2H3,(H2,34,44)(H,35,41). The highest BCUT2D eigenvalue weighted by atomic mass is 35.5. The van der Waals surface area contributed by atoms with E-state index in [0.29, 0.717) is 16.5 Å². The van der Waals surface area contributed by atoms with Gasteiger partial charge in [0.15, 0.2) is 5.69 Å². The zero-order chi connectivity index (χ0) is 31.5. The Morgan fingerprint density at radius 2 is 1.80 bits per heavy atom. The molecule has 0 radical (unpaired) electrons. The summed E-state index contributed by atoms with van der Waals surface area (Å²) in [5, 5.41) is 7.41. The van der Waals surface area contributed by atoms with Gasteiger partial charge in [0.2, 0.25) is 17.7 Å². The highest BCUT2D eigenvalue weighted by Crippen LogP contribution is 2.28. The van der Waals surface area contributed by atoms with Crippen LogP contribution in [0, 0.1) is 5.82 Å². The molecule has 234 valence electrons. The third-order valence-corrected chi connectivity index (χ3v) is 8.74. The van der Waals surface area contributed by atoms with Crippen molar-refractivity contribution in [1.29, 1.82) is 0 Å². The number of halogens is 2. The molecule has 13 heteroatoms. The van der Waals surface area contributed by atoms with Crippen molar-refractivity contribution in [2.24, 2.45) is 5.73 Å². The maximum absolute atomic E-state index is 14.2. The fourth-order valence-electron chi connectivity index (χ4n) is 5.64. The van der Waals surface area contributed by atoms with E-state index in [1.807, 2.05) is 11.9 Å². The molecule has 0 unspecified atom stereocenters. The van der Waals surface area contributed by atoms with Crippen molar-refractivity contribution in [2.45, 2.75) is 57.3 Å². The Bertz CT molecular complexity index is 1580. The Kier molecular flexibility index (Phi) is 9.50. The van der Waals surface area contributed by atoms with Gasteiger partial charge in [0.1, 0.15) is 12.4 Å². The van der Waals surface area contributed by atoms with E-state index in [9.17, 15) is 23.6 Å². The van der Waals surface area contributed by atoms with Crippen LogP contribution in [0.5, 0.6) is 0 Å². The predicted molar refractivity (Wildman–Crippen MR) is 163 cm³/mol. The van der Waals surface area contributed by atoms with Gasteiger partial charge in [0.25, 0.3) is 5.91 Å². The van der Waals surface area contributed by atoms with E-state index in [1.54, 1.807) is 24.3 Å². The summed E-state index contributed by atoms with van der Waals surface area (Å²) in [5.41, 5.74) is 7.12. The van der Waals surface area contributed by atoms with Crippen LogP contribution in [0.15, 0.2) is 36.4 Å². The van der Waals surface area contributed by atoms with E-state index in [-0.39, 0.29) is 66.2 Å². The first kappa shape index (κ1) is 31.4. The molecule has 2 heterocycles. The van der Waals surface area contributed by atoms with Gasteiger partial charge in [-0.05, 0) is 69.6 Å². The fourth-order valence-corrected chi connectivity index (χ4v) is 5.83. The number of likely N-dealkylation sites (tertiary alicyclic amines) is 1. The van der Waals surface area contributed by atoms with Gasteiger partial charge in [-0.1, -0.05) is 29.8 Å². The van der Waals surface area contributed by atoms with Crippen LogP contribution in [0.25, 0.3) is 10.9 Å². The second-order valence-electron chi connectivity index (χ2n) is 11.7. The molecule has 3 N–H and O–H groups in total. The second kappa shape index (κ2) is 13.3. The van der Waals surface area contributed by atoms with E-state index >= 15 is 0 Å². The molecule has 2 aliphatic rings. The molecule has 2 fully saturated rings. The summed E-state index contributed by atoms with van der Waals surface area (Å²) in [6.45, 7) is 1.40. The molecular formula is C31H37ClFN7O4. The van der Waals surface area contributed by atoms with Crippen molar-refractivity contribution >= 4 is 46.1 Å². The van der Waals surface area contributed by atoms with Gasteiger partial charge >= 0.3 is 0 Å². The summed E-state index contributed by atoms with van der Waals surface area (Å²) in [6.07, 6.45) is 3.52. The molecule has 4 amide bonds. The van der Waals surface area contributed by atoms with Gasteiger partial charge in [0, 0.05) is 36.6 Å². The molecule has 1 saturated carbocycles. The lowest BCUT2D eigenvalue weighted by atomic mass is 10.0. The first-order chi connectivity index (χ1) is 21.0. The summed E-state index contributed by atoms with van der Waals surface area (Å²) in [4.78, 5) is 57.1. The monoisotopic (exact) mass is 625 g/mol. The van der Waals surface area contributed by atoms with Crippen LogP contribution in [0.2, 0.25) is 5.02 Å². The number of primary amides is 1. The summed E-state index contributed by atoms with van der Waals surface area (Å²) in [5.74, 6) is -2.15. The number of fused-ring (bicyclic) bond motifs is 1. The van der Waals surface area contributed by atoms with Gasteiger partial charge in [-0.25, -0.2) is 4.39 Å². The fraction of sp³-hybridized carbons (Fsp3) is 0.452. The Morgan fingerprint density at radius 1 is 1.07 bits per heavy atom. The van der Waals surface area contributed by atoms with Crippen molar-refractivity contribution < 1.29 is 23.6 Å². The molecule has 44 heavy (non-hydrogen) atoms. The Morgan fingerprint density at radius 3 is 2.48 bits per heavy atom. The van der Waals surface area contributed by atoms with Crippen molar-refractivity contribution in [3.63, 3.8) is 0 Å². The minimum atomic E-state index is -0.750. The highest BCUT2D eigenvalue weighted by molar-refractivity contribution is 6.30. The third kappa shape index (κ3) is 7.19. The zero-order valence-corrected chi connectivity index (χ0v) is 25.6. The average molecular weight is 626 g/mol. The molecule has 1 aliphatic heterocycles. The van der Waals surface area contributed by atoms with E-state index < -0.39 is 17.6 Å². The van der Waals surface area contributed by atoms with E-state index in [4.69, 9.17) is 17.3 Å². The smallest absolute Gasteiger partial charge is 0.269 e. The number of hydrogen-bond donors (Lipinski definition) is 2. The molecule has 2 aromatic carbocycles. The molecule has 0 bridgehead atoms. The number of rotatable bonds is 11. The molecule has 1 aromatic heterocycles. The first-order valence-corrected chi connectivity index (χ1v) is 15.1. The number of hydrogen-bond acceptors (Lipinski definition) is 6. The molecule has 0 atom stereocenters. The Hall–Kier alpha value is -4.03. The number of likely N-dealkylation sites (N-methyl/N-ethyl adjacent to an activating group) is 1. The second-order valence-corrected chi connectivity index (χ2v) is 12.1. The van der Waals surface area contributed by atoms with Gasteiger partial charge in [-0.15, -0.1) is 0 Å². The van der Waals surface area contributed by atoms with Gasteiger partial charge in [-0.3, -0.25) is 23.9 Å². The van der Waals surface area contributed by atoms with Crippen molar-refractivity contribution in [2.75, 3.05) is 33.7 Å². The number of nitrogens with one attached hydrogen (secondary N) is 1. The van der Waals surface area contributed by atoms with E-state index in [2.05, 4.69) is 22.4 Å². The largest absolute Gasteiger partial charge is 0.364 e. The number of benzene rings is 2. The summed E-state index contributed by atoms with van der Waals surface area (Å²) in [7, 11) is 3.90. The number of aromatic nitrogens is 2. The van der Waals surface area contributed by atoms with Crippen LogP contribution in [0.1, 0.15) is 47.3 Å². The summed E-state index contributed by atoms with van der Waals surface area (Å²) >= 11 is 5.83. The quantitative estimate of drug-likeness (QED) is 0.336. The van der Waals surface area contributed by atoms with Crippen LogP contribution in [0.4, 0.5) is 4.39 Å². The minimum absolute atomic E-state index is 0.00466. The number of carbonyl (C=O) groups is 4. The van der Waals surface area contributed by atoms with Crippen LogP contribution < -0.4 is 11.1 Å². The van der Waals surface area contributed by atoms with Crippen LogP contribution >= 0.6 is 11.6 Å².